The summed E-state index contributed by atoms with van der Waals surface area (Å²) in [6.45, 7) is 1.94. The van der Waals surface area contributed by atoms with Crippen LogP contribution in [0.2, 0.25) is 5.02 Å². The molecule has 1 N–H and O–H groups in total. The first kappa shape index (κ1) is 12.5. The van der Waals surface area contributed by atoms with Crippen LogP contribution in [0, 0.1) is 12.7 Å². The molecule has 5 heteroatoms. The van der Waals surface area contributed by atoms with E-state index in [1.165, 1.54) is 6.07 Å². The van der Waals surface area contributed by atoms with Crippen molar-refractivity contribution in [3.8, 4) is 0 Å². The summed E-state index contributed by atoms with van der Waals surface area (Å²) in [4.78, 5) is 4.41. The molecule has 0 spiro atoms. The Balaban J connectivity index is 2.38. The summed E-state index contributed by atoms with van der Waals surface area (Å²) in [6.07, 6.45) is 0. The van der Waals surface area contributed by atoms with E-state index in [-0.39, 0.29) is 11.1 Å². The Morgan fingerprint density at radius 1 is 1.47 bits per heavy atom. The summed E-state index contributed by atoms with van der Waals surface area (Å²) < 4.78 is 13.4. The molecule has 2 aromatic rings. The van der Waals surface area contributed by atoms with Gasteiger partial charge < -0.3 is 5.32 Å². The van der Waals surface area contributed by atoms with E-state index in [0.717, 1.165) is 16.3 Å². The molecule has 1 aromatic carbocycles. The fraction of sp³-hybridized carbons (Fsp3) is 0.250. The second-order valence-electron chi connectivity index (χ2n) is 3.72. The highest BCUT2D eigenvalue weighted by molar-refractivity contribution is 7.09. The molecule has 0 aliphatic heterocycles. The van der Waals surface area contributed by atoms with E-state index < -0.39 is 5.82 Å². The van der Waals surface area contributed by atoms with Gasteiger partial charge in [0.15, 0.2) is 0 Å². The van der Waals surface area contributed by atoms with E-state index in [1.807, 2.05) is 25.4 Å². The number of halogens is 2. The molecule has 0 aliphatic rings. The molecule has 0 amide bonds. The van der Waals surface area contributed by atoms with E-state index in [0.29, 0.717) is 0 Å². The molecule has 0 fully saturated rings. The molecule has 1 heterocycles. The lowest BCUT2D eigenvalue weighted by Crippen LogP contribution is -2.17. The van der Waals surface area contributed by atoms with Crippen molar-refractivity contribution < 1.29 is 4.39 Å². The summed E-state index contributed by atoms with van der Waals surface area (Å²) >= 11 is 7.23. The van der Waals surface area contributed by atoms with Gasteiger partial charge in [0.05, 0.1) is 11.1 Å². The number of hydrogen-bond donors (Lipinski definition) is 1. The van der Waals surface area contributed by atoms with Crippen LogP contribution < -0.4 is 5.32 Å². The zero-order valence-corrected chi connectivity index (χ0v) is 11.1. The van der Waals surface area contributed by atoms with Crippen molar-refractivity contribution in [2.75, 3.05) is 7.05 Å². The lowest BCUT2D eigenvalue weighted by atomic mass is 10.1. The first-order valence-electron chi connectivity index (χ1n) is 5.16. The first-order valence-corrected chi connectivity index (χ1v) is 6.42. The highest BCUT2D eigenvalue weighted by Gasteiger charge is 2.16. The number of aromatic nitrogens is 1. The largest absolute Gasteiger partial charge is 0.307 e. The molecule has 0 saturated heterocycles. The predicted octanol–water partition coefficient (Wildman–Crippen LogP) is 3.55. The van der Waals surface area contributed by atoms with Crippen LogP contribution in [0.4, 0.5) is 4.39 Å². The first-order chi connectivity index (χ1) is 8.11. The third-order valence-electron chi connectivity index (χ3n) is 2.45. The molecule has 1 aromatic heterocycles. The maximum atomic E-state index is 13.4. The van der Waals surface area contributed by atoms with Gasteiger partial charge in [-0.05, 0) is 31.7 Å². The van der Waals surface area contributed by atoms with Crippen molar-refractivity contribution in [1.82, 2.24) is 10.3 Å². The molecule has 0 saturated carbocycles. The fourth-order valence-electron chi connectivity index (χ4n) is 1.63. The average Bonchev–Trinajstić information content (AvgIpc) is 2.71. The van der Waals surface area contributed by atoms with E-state index in [2.05, 4.69) is 10.3 Å². The van der Waals surface area contributed by atoms with Crippen LogP contribution in [0.25, 0.3) is 0 Å². The number of benzene rings is 1. The van der Waals surface area contributed by atoms with E-state index >= 15 is 0 Å². The number of aryl methyl sites for hydroxylation is 1. The molecule has 1 unspecified atom stereocenters. The molecule has 2 nitrogen and oxygen atoms in total. The van der Waals surface area contributed by atoms with Gasteiger partial charge in [-0.25, -0.2) is 9.37 Å². The van der Waals surface area contributed by atoms with Crippen molar-refractivity contribution in [1.29, 1.82) is 0 Å². The quantitative estimate of drug-likeness (QED) is 0.923. The van der Waals surface area contributed by atoms with Gasteiger partial charge in [0.2, 0.25) is 0 Å². The number of hydrogen-bond acceptors (Lipinski definition) is 3. The van der Waals surface area contributed by atoms with Gasteiger partial charge in [0.1, 0.15) is 10.8 Å². The Hall–Kier alpha value is -0.970. The Morgan fingerprint density at radius 2 is 2.24 bits per heavy atom. The van der Waals surface area contributed by atoms with Crippen molar-refractivity contribution >= 4 is 22.9 Å². The highest BCUT2D eigenvalue weighted by Crippen LogP contribution is 2.27. The van der Waals surface area contributed by atoms with E-state index in [4.69, 9.17) is 11.6 Å². The minimum Gasteiger partial charge on any atom is -0.307 e. The molecule has 1 atom stereocenters. The summed E-state index contributed by atoms with van der Waals surface area (Å²) in [5.41, 5.74) is 1.79. The second kappa shape index (κ2) is 5.12. The Kier molecular flexibility index (Phi) is 3.76. The lowest BCUT2D eigenvalue weighted by molar-refractivity contribution is 0.616. The molecular weight excluding hydrogens is 259 g/mol. The monoisotopic (exact) mass is 270 g/mol. The van der Waals surface area contributed by atoms with Crippen molar-refractivity contribution in [2.45, 2.75) is 13.0 Å². The van der Waals surface area contributed by atoms with Crippen LogP contribution in [0.5, 0.6) is 0 Å². The average molecular weight is 271 g/mol. The van der Waals surface area contributed by atoms with Crippen LogP contribution in [0.15, 0.2) is 23.6 Å². The maximum absolute atomic E-state index is 13.4. The van der Waals surface area contributed by atoms with E-state index in [9.17, 15) is 4.39 Å². The minimum absolute atomic E-state index is 0.0968. The van der Waals surface area contributed by atoms with Crippen LogP contribution in [0.1, 0.15) is 22.3 Å². The van der Waals surface area contributed by atoms with Gasteiger partial charge in [0, 0.05) is 11.1 Å². The van der Waals surface area contributed by atoms with E-state index in [1.54, 1.807) is 17.4 Å². The molecule has 90 valence electrons. The fourth-order valence-corrected chi connectivity index (χ4v) is 2.68. The van der Waals surface area contributed by atoms with Gasteiger partial charge in [-0.2, -0.15) is 0 Å². The number of nitrogens with zero attached hydrogens (tertiary/aromatic N) is 1. The number of thiazole rings is 1. The SMILES string of the molecule is CNC(c1ccc(Cl)c(F)c1)c1nc(C)cs1. The van der Waals surface area contributed by atoms with Crippen LogP contribution in [-0.2, 0) is 0 Å². The predicted molar refractivity (Wildman–Crippen MR) is 69.2 cm³/mol. The Morgan fingerprint density at radius 3 is 2.76 bits per heavy atom. The summed E-state index contributed by atoms with van der Waals surface area (Å²) in [7, 11) is 1.83. The molecule has 2 rings (SSSR count). The lowest BCUT2D eigenvalue weighted by Gasteiger charge is -2.14. The zero-order chi connectivity index (χ0) is 12.4. The second-order valence-corrected chi connectivity index (χ2v) is 5.02. The van der Waals surface area contributed by atoms with Crippen LogP contribution in [-0.4, -0.2) is 12.0 Å². The van der Waals surface area contributed by atoms with Crippen LogP contribution >= 0.6 is 22.9 Å². The van der Waals surface area contributed by atoms with Crippen LogP contribution in [0.3, 0.4) is 0 Å². The van der Waals surface area contributed by atoms with Gasteiger partial charge in [-0.15, -0.1) is 11.3 Å². The van der Waals surface area contributed by atoms with Gasteiger partial charge >= 0.3 is 0 Å². The Bertz CT molecular complexity index is 527. The summed E-state index contributed by atoms with van der Waals surface area (Å²) in [5.74, 6) is -0.405. The maximum Gasteiger partial charge on any atom is 0.142 e. The van der Waals surface area contributed by atoms with Crippen molar-refractivity contribution in [2.24, 2.45) is 0 Å². The molecular formula is C12H12ClFN2S. The normalized spacial score (nSPS) is 12.7. The third kappa shape index (κ3) is 2.65. The molecule has 0 bridgehead atoms. The minimum atomic E-state index is -0.405. The molecule has 0 radical (unpaired) electrons. The number of nitrogens with one attached hydrogen (secondary N) is 1. The third-order valence-corrected chi connectivity index (χ3v) is 3.78. The highest BCUT2D eigenvalue weighted by atomic mass is 35.5. The summed E-state index contributed by atoms with van der Waals surface area (Å²) in [5, 5.41) is 6.17. The zero-order valence-electron chi connectivity index (χ0n) is 9.50. The standard InChI is InChI=1S/C12H12ClFN2S/c1-7-6-17-12(16-7)11(15-2)8-3-4-9(13)10(14)5-8/h3-6,11,15H,1-2H3. The van der Waals surface area contributed by atoms with Crippen molar-refractivity contribution in [3.63, 3.8) is 0 Å². The number of rotatable bonds is 3. The van der Waals surface area contributed by atoms with Gasteiger partial charge in [-0.3, -0.25) is 0 Å². The van der Waals surface area contributed by atoms with Gasteiger partial charge in [-0.1, -0.05) is 17.7 Å². The Labute approximate surface area is 108 Å². The topological polar surface area (TPSA) is 24.9 Å². The molecule has 0 aliphatic carbocycles. The smallest absolute Gasteiger partial charge is 0.142 e. The van der Waals surface area contributed by atoms with Crippen molar-refractivity contribution in [3.05, 3.63) is 50.7 Å². The van der Waals surface area contributed by atoms with Gasteiger partial charge in [0.25, 0.3) is 0 Å². The summed E-state index contributed by atoms with van der Waals surface area (Å²) in [6, 6.07) is 4.72. The molecule has 17 heavy (non-hydrogen) atoms.